The first-order valence-corrected chi connectivity index (χ1v) is 10.2. The fourth-order valence-electron chi connectivity index (χ4n) is 5.67. The molecule has 0 amide bonds. The van der Waals surface area contributed by atoms with Gasteiger partial charge < -0.3 is 14.4 Å². The van der Waals surface area contributed by atoms with Gasteiger partial charge in [0.25, 0.3) is 0 Å². The van der Waals surface area contributed by atoms with Gasteiger partial charge in [0, 0.05) is 43.8 Å². The predicted molar refractivity (Wildman–Crippen MR) is 105 cm³/mol. The van der Waals surface area contributed by atoms with E-state index in [4.69, 9.17) is 4.74 Å². The first-order valence-electron chi connectivity index (χ1n) is 10.2. The summed E-state index contributed by atoms with van der Waals surface area (Å²) in [6.45, 7) is 0.546. The molecule has 1 saturated carbocycles. The van der Waals surface area contributed by atoms with Crippen LogP contribution in [0.2, 0.25) is 0 Å². The molecule has 2 aliphatic carbocycles. The summed E-state index contributed by atoms with van der Waals surface area (Å²) in [6.07, 6.45) is 2.22. The van der Waals surface area contributed by atoms with Crippen LogP contribution in [0.1, 0.15) is 64.0 Å². The molecule has 0 spiro atoms. The number of halogens is 2. The molecule has 30 heavy (non-hydrogen) atoms. The highest BCUT2D eigenvalue weighted by atomic mass is 19.3. The van der Waals surface area contributed by atoms with Crippen LogP contribution in [0.15, 0.2) is 35.3 Å². The Labute approximate surface area is 170 Å². The molecule has 2 aromatic rings. The molecule has 1 aromatic carbocycles. The molecule has 5 nitrogen and oxygen atoms in total. The van der Waals surface area contributed by atoms with E-state index in [2.05, 4.69) is 0 Å². The van der Waals surface area contributed by atoms with Crippen LogP contribution in [0.3, 0.4) is 0 Å². The molecule has 1 saturated heterocycles. The number of alkyl halides is 2. The van der Waals surface area contributed by atoms with E-state index in [1.54, 1.807) is 0 Å². The topological polar surface area (TPSA) is 68.5 Å². The van der Waals surface area contributed by atoms with Gasteiger partial charge in [0.1, 0.15) is 11.7 Å². The molecular weight excluding hydrogens is 392 g/mol. The maximum atomic E-state index is 13.5. The van der Waals surface area contributed by atoms with Crippen molar-refractivity contribution >= 4 is 17.1 Å². The van der Waals surface area contributed by atoms with Crippen molar-refractivity contribution in [2.24, 2.45) is 0 Å². The number of pyridine rings is 1. The molecule has 7 heteroatoms. The van der Waals surface area contributed by atoms with E-state index < -0.39 is 17.3 Å². The highest BCUT2D eigenvalue weighted by molar-refractivity contribution is 6.00. The van der Waals surface area contributed by atoms with Crippen molar-refractivity contribution in [1.82, 2.24) is 4.57 Å². The molecular formula is C23H19F2NO4. The van der Waals surface area contributed by atoms with Crippen molar-refractivity contribution in [3.8, 4) is 0 Å². The molecule has 1 aromatic heterocycles. The van der Waals surface area contributed by atoms with Crippen LogP contribution in [0, 0.1) is 0 Å². The zero-order chi connectivity index (χ0) is 20.8. The summed E-state index contributed by atoms with van der Waals surface area (Å²) in [5.41, 5.74) is 4.94. The number of benzene rings is 1. The molecule has 2 fully saturated rings. The van der Waals surface area contributed by atoms with Crippen LogP contribution in [0.5, 0.6) is 0 Å². The van der Waals surface area contributed by atoms with Gasteiger partial charge in [-0.15, -0.1) is 0 Å². The van der Waals surface area contributed by atoms with Crippen molar-refractivity contribution in [3.63, 3.8) is 0 Å². The highest BCUT2D eigenvalue weighted by Gasteiger charge is 2.48. The third-order valence-corrected chi connectivity index (χ3v) is 7.03. The number of carbonyl (C=O) groups is 1. The number of aromatic carboxylic acids is 1. The lowest BCUT2D eigenvalue weighted by atomic mass is 9.74. The Morgan fingerprint density at radius 2 is 2.07 bits per heavy atom. The van der Waals surface area contributed by atoms with Gasteiger partial charge in [0.15, 0.2) is 5.43 Å². The number of fused-ring (bicyclic) bond motifs is 7. The van der Waals surface area contributed by atoms with E-state index in [1.165, 1.54) is 12.3 Å². The Morgan fingerprint density at radius 3 is 2.80 bits per heavy atom. The molecule has 2 atom stereocenters. The van der Waals surface area contributed by atoms with Gasteiger partial charge >= 0.3 is 5.97 Å². The molecule has 154 valence electrons. The summed E-state index contributed by atoms with van der Waals surface area (Å²) in [5.74, 6) is -3.99. The minimum Gasteiger partial charge on any atom is -0.477 e. The average Bonchev–Trinajstić information content (AvgIpc) is 3.29. The third-order valence-electron chi connectivity index (χ3n) is 7.03. The van der Waals surface area contributed by atoms with Crippen LogP contribution in [-0.2, 0) is 11.2 Å². The van der Waals surface area contributed by atoms with Crippen LogP contribution in [0.25, 0.3) is 11.1 Å². The van der Waals surface area contributed by atoms with E-state index in [9.17, 15) is 23.5 Å². The second kappa shape index (κ2) is 5.88. The van der Waals surface area contributed by atoms with E-state index in [-0.39, 0.29) is 36.5 Å². The summed E-state index contributed by atoms with van der Waals surface area (Å²) in [6, 6.07) is 7.19. The van der Waals surface area contributed by atoms with Crippen molar-refractivity contribution in [3.05, 3.63) is 68.6 Å². The molecule has 0 unspecified atom stereocenters. The molecule has 2 aliphatic heterocycles. The van der Waals surface area contributed by atoms with Crippen LogP contribution >= 0.6 is 0 Å². The number of aromatic nitrogens is 1. The van der Waals surface area contributed by atoms with Gasteiger partial charge in [-0.1, -0.05) is 18.2 Å². The monoisotopic (exact) mass is 411 g/mol. The van der Waals surface area contributed by atoms with Crippen LogP contribution < -0.4 is 5.43 Å². The number of ether oxygens (including phenoxy) is 1. The Kier molecular flexibility index (Phi) is 3.53. The van der Waals surface area contributed by atoms with E-state index in [0.29, 0.717) is 18.7 Å². The molecule has 3 heterocycles. The van der Waals surface area contributed by atoms with Gasteiger partial charge in [-0.2, -0.15) is 0 Å². The molecule has 0 radical (unpaired) electrons. The Balaban J connectivity index is 1.51. The zero-order valence-electron chi connectivity index (χ0n) is 16.0. The second-order valence-corrected chi connectivity index (χ2v) is 8.70. The Bertz CT molecular complexity index is 1200. The van der Waals surface area contributed by atoms with Gasteiger partial charge in [-0.3, -0.25) is 4.79 Å². The minimum atomic E-state index is -2.59. The maximum Gasteiger partial charge on any atom is 0.341 e. The number of carboxylic acids is 1. The quantitative estimate of drug-likeness (QED) is 0.815. The molecule has 0 bridgehead atoms. The predicted octanol–water partition coefficient (Wildman–Crippen LogP) is 3.87. The van der Waals surface area contributed by atoms with E-state index >= 15 is 0 Å². The average molecular weight is 411 g/mol. The van der Waals surface area contributed by atoms with Crippen molar-refractivity contribution in [2.75, 3.05) is 6.61 Å². The van der Waals surface area contributed by atoms with Gasteiger partial charge in [-0.25, -0.2) is 13.6 Å². The van der Waals surface area contributed by atoms with Crippen LogP contribution in [0.4, 0.5) is 8.78 Å². The number of hydrogen-bond donors (Lipinski definition) is 1. The van der Waals surface area contributed by atoms with E-state index in [0.717, 1.165) is 34.3 Å². The number of rotatable bonds is 2. The summed E-state index contributed by atoms with van der Waals surface area (Å²) < 4.78 is 35.0. The number of allylic oxidation sites excluding steroid dienone is 1. The fourth-order valence-corrected chi connectivity index (χ4v) is 5.67. The van der Waals surface area contributed by atoms with Gasteiger partial charge in [-0.05, 0) is 40.2 Å². The maximum absolute atomic E-state index is 13.5. The van der Waals surface area contributed by atoms with E-state index in [1.807, 2.05) is 22.8 Å². The molecule has 4 aliphatic rings. The number of nitrogens with zero attached hydrogens (tertiary/aromatic N) is 1. The Hall–Kier alpha value is -2.80. The van der Waals surface area contributed by atoms with Crippen molar-refractivity contribution in [2.45, 2.75) is 49.7 Å². The summed E-state index contributed by atoms with van der Waals surface area (Å²) in [4.78, 5) is 24.0. The summed E-state index contributed by atoms with van der Waals surface area (Å²) >= 11 is 0. The lowest BCUT2D eigenvalue weighted by Gasteiger charge is -2.36. The van der Waals surface area contributed by atoms with Gasteiger partial charge in [0.2, 0.25) is 5.92 Å². The largest absolute Gasteiger partial charge is 0.477 e. The van der Waals surface area contributed by atoms with Crippen LogP contribution in [-0.4, -0.2) is 34.3 Å². The molecule has 1 N–H and O–H groups in total. The normalized spacial score (nSPS) is 25.9. The molecule has 6 rings (SSSR count). The second-order valence-electron chi connectivity index (χ2n) is 8.70. The van der Waals surface area contributed by atoms with Crippen molar-refractivity contribution in [1.29, 1.82) is 0 Å². The zero-order valence-corrected chi connectivity index (χ0v) is 16.0. The first kappa shape index (κ1) is 18.0. The smallest absolute Gasteiger partial charge is 0.341 e. The van der Waals surface area contributed by atoms with Gasteiger partial charge in [0.05, 0.1) is 6.04 Å². The number of carboxylic acid groups (broad SMARTS) is 1. The number of hydrogen-bond acceptors (Lipinski definition) is 3. The summed E-state index contributed by atoms with van der Waals surface area (Å²) in [7, 11) is 0. The summed E-state index contributed by atoms with van der Waals surface area (Å²) in [5, 5.41) is 9.39. The lowest BCUT2D eigenvalue weighted by molar-refractivity contribution is -0.0868. The fraction of sp³-hybridized carbons (Fsp3) is 0.391. The Morgan fingerprint density at radius 1 is 1.27 bits per heavy atom. The first-order chi connectivity index (χ1) is 14.3. The minimum absolute atomic E-state index is 0.0832. The van der Waals surface area contributed by atoms with Crippen molar-refractivity contribution < 1.29 is 23.4 Å². The lowest BCUT2D eigenvalue weighted by Crippen LogP contribution is -2.34. The highest BCUT2D eigenvalue weighted by Crippen LogP contribution is 2.54. The SMILES string of the molecule is O=C(O)c1cn2c(cc1=O)C1=C(c3cccc(C4CC(F)(F)C4)c3C1)[C@H]1OCC[C@H]12. The third kappa shape index (κ3) is 2.35. The standard InChI is InChI=1S/C23H19F2NO4/c24-23(25)8-11(9-23)12-2-1-3-13-14(12)6-15-18-7-19(27)16(22(28)29)10-26(18)17-4-5-30-21(17)20(13)15/h1-3,7,10-11,17,21H,4-6,8-9H2,(H,28,29)/t17-,21+/m1/s1.